The van der Waals surface area contributed by atoms with E-state index >= 15 is 0 Å². The third-order valence-electron chi connectivity index (χ3n) is 1.65. The fourth-order valence-corrected chi connectivity index (χ4v) is 2.59. The molecule has 0 bridgehead atoms. The third-order valence-corrected chi connectivity index (χ3v) is 3.12. The monoisotopic (exact) mass is 221 g/mol. The van der Waals surface area contributed by atoms with Crippen molar-refractivity contribution in [1.29, 1.82) is 0 Å². The second-order valence-corrected chi connectivity index (χ2v) is 6.54. The van der Waals surface area contributed by atoms with Crippen molar-refractivity contribution in [2.75, 3.05) is 0 Å². The first-order chi connectivity index (χ1) is 6.20. The number of alkyl halides is 3. The average Bonchev–Trinajstić information content (AvgIpc) is 2.29. The van der Waals surface area contributed by atoms with Gasteiger partial charge in [0.15, 0.2) is 0 Å². The van der Waals surface area contributed by atoms with E-state index < -0.39 is 11.7 Å². The van der Waals surface area contributed by atoms with Crippen LogP contribution < -0.4 is 0 Å². The third kappa shape index (κ3) is 3.13. The molecule has 1 rings (SSSR count). The maximum Gasteiger partial charge on any atom is 0.417 e. The molecule has 0 amide bonds. The number of hydrogen-bond donors (Lipinski definition) is 0. The molecule has 1 radical (unpaired) electrons. The molecular formula is C10H13F3P. The summed E-state index contributed by atoms with van der Waals surface area (Å²) in [5.74, 6) is 0. The van der Waals surface area contributed by atoms with Crippen molar-refractivity contribution in [2.24, 2.45) is 0 Å². The highest BCUT2D eigenvalue weighted by Gasteiger charge is 2.38. The van der Waals surface area contributed by atoms with Crippen LogP contribution in [-0.4, -0.2) is 11.3 Å². The van der Waals surface area contributed by atoms with Gasteiger partial charge in [-0.15, -0.1) is 0 Å². The average molecular weight is 221 g/mol. The van der Waals surface area contributed by atoms with Gasteiger partial charge in [0, 0.05) is 0 Å². The van der Waals surface area contributed by atoms with Crippen molar-refractivity contribution in [3.8, 4) is 0 Å². The zero-order valence-electron chi connectivity index (χ0n) is 8.42. The van der Waals surface area contributed by atoms with Crippen LogP contribution in [0.1, 0.15) is 27.2 Å². The molecule has 1 atom stereocenters. The van der Waals surface area contributed by atoms with E-state index in [-0.39, 0.29) is 13.7 Å². The predicted molar refractivity (Wildman–Crippen MR) is 53.6 cm³/mol. The topological polar surface area (TPSA) is 0 Å². The molecule has 0 aromatic rings. The molecule has 0 spiro atoms. The van der Waals surface area contributed by atoms with E-state index in [2.05, 4.69) is 6.08 Å². The predicted octanol–water partition coefficient (Wildman–Crippen LogP) is 4.04. The van der Waals surface area contributed by atoms with Gasteiger partial charge in [-0.3, -0.25) is 0 Å². The number of rotatable bonds is 1. The van der Waals surface area contributed by atoms with Crippen LogP contribution in [0.15, 0.2) is 17.0 Å². The van der Waals surface area contributed by atoms with Gasteiger partial charge in [0.1, 0.15) is 0 Å². The summed E-state index contributed by atoms with van der Waals surface area (Å²) in [7, 11) is 0.191. The van der Waals surface area contributed by atoms with Crippen LogP contribution in [0.5, 0.6) is 0 Å². The summed E-state index contributed by atoms with van der Waals surface area (Å²) in [6.07, 6.45) is 0.0700. The quantitative estimate of drug-likeness (QED) is 0.586. The van der Waals surface area contributed by atoms with Gasteiger partial charge in [-0.05, 0) is 23.0 Å². The Morgan fingerprint density at radius 3 is 2.29 bits per heavy atom. The highest BCUT2D eigenvalue weighted by molar-refractivity contribution is 7.45. The van der Waals surface area contributed by atoms with Crippen molar-refractivity contribution in [3.05, 3.63) is 23.0 Å². The van der Waals surface area contributed by atoms with Gasteiger partial charge in [-0.25, -0.2) is 0 Å². The number of halogens is 3. The highest BCUT2D eigenvalue weighted by Crippen LogP contribution is 2.48. The van der Waals surface area contributed by atoms with Crippen molar-refractivity contribution in [2.45, 2.75) is 38.5 Å². The van der Waals surface area contributed by atoms with Crippen LogP contribution in [-0.2, 0) is 0 Å². The van der Waals surface area contributed by atoms with Crippen molar-refractivity contribution >= 4 is 8.58 Å². The maximum atomic E-state index is 12.5. The highest BCUT2D eigenvalue weighted by atomic mass is 31.1. The maximum absolute atomic E-state index is 12.5. The summed E-state index contributed by atoms with van der Waals surface area (Å²) in [6, 6.07) is 0. The lowest BCUT2D eigenvalue weighted by molar-refractivity contribution is -0.0888. The lowest BCUT2D eigenvalue weighted by atomic mass is 10.2. The molecule has 0 N–H and O–H groups in total. The van der Waals surface area contributed by atoms with Crippen molar-refractivity contribution < 1.29 is 13.2 Å². The molecule has 0 nitrogen and oxygen atoms in total. The molecule has 4 heteroatoms. The zero-order chi connectivity index (χ0) is 11.0. The second kappa shape index (κ2) is 3.69. The Bertz CT molecular complexity index is 279. The lowest BCUT2D eigenvalue weighted by Crippen LogP contribution is -2.14. The van der Waals surface area contributed by atoms with Gasteiger partial charge >= 0.3 is 6.18 Å². The van der Waals surface area contributed by atoms with Gasteiger partial charge in [0.25, 0.3) is 0 Å². The first-order valence-corrected chi connectivity index (χ1v) is 5.37. The molecular weight excluding hydrogens is 208 g/mol. The largest absolute Gasteiger partial charge is 0.417 e. The summed E-state index contributed by atoms with van der Waals surface area (Å²) in [4.78, 5) is 0. The van der Waals surface area contributed by atoms with Crippen molar-refractivity contribution in [3.63, 3.8) is 0 Å². The smallest absolute Gasteiger partial charge is 0.166 e. The lowest BCUT2D eigenvalue weighted by Gasteiger charge is -2.21. The standard InChI is InChI=1S/C10H13F3P/c1-9(2,3)14-8-6-4-5-7(8)10(11,12)13/h6,14H,4H2,1-3H3. The van der Waals surface area contributed by atoms with Crippen LogP contribution in [0.4, 0.5) is 13.2 Å². The van der Waals surface area contributed by atoms with Gasteiger partial charge in [0.2, 0.25) is 0 Å². The Labute approximate surface area is 84.1 Å². The molecule has 0 saturated heterocycles. The molecule has 0 aromatic heterocycles. The van der Waals surface area contributed by atoms with Crippen LogP contribution in [0.25, 0.3) is 0 Å². The fraction of sp³-hybridized carbons (Fsp3) is 0.600. The minimum absolute atomic E-state index is 0.0889. The van der Waals surface area contributed by atoms with Gasteiger partial charge in [-0.1, -0.05) is 35.4 Å². The molecule has 1 unspecified atom stereocenters. The summed E-state index contributed by atoms with van der Waals surface area (Å²) in [5.41, 5.74) is -0.550. The first-order valence-electron chi connectivity index (χ1n) is 4.37. The number of allylic oxidation sites excluding steroid dienone is 4. The van der Waals surface area contributed by atoms with E-state index in [1.807, 2.05) is 20.8 Å². The molecule has 79 valence electrons. The Morgan fingerprint density at radius 1 is 1.29 bits per heavy atom. The van der Waals surface area contributed by atoms with E-state index in [1.165, 1.54) is 0 Å². The molecule has 1 aliphatic carbocycles. The van der Waals surface area contributed by atoms with Crippen LogP contribution in [0, 0.1) is 6.08 Å². The molecule has 0 aromatic carbocycles. The number of hydrogen-bond acceptors (Lipinski definition) is 0. The first kappa shape index (κ1) is 11.8. The van der Waals surface area contributed by atoms with E-state index in [0.717, 1.165) is 0 Å². The molecule has 0 fully saturated rings. The summed E-state index contributed by atoms with van der Waals surface area (Å²) >= 11 is 0. The minimum atomic E-state index is -4.24. The van der Waals surface area contributed by atoms with E-state index in [4.69, 9.17) is 0 Å². The molecule has 0 aliphatic heterocycles. The van der Waals surface area contributed by atoms with Crippen LogP contribution in [0.3, 0.4) is 0 Å². The zero-order valence-corrected chi connectivity index (χ0v) is 9.42. The van der Waals surface area contributed by atoms with Crippen molar-refractivity contribution in [1.82, 2.24) is 0 Å². The SMILES string of the molecule is CC(C)(C)PC1=CC[C]=C1C(F)(F)F. The van der Waals surface area contributed by atoms with E-state index in [0.29, 0.717) is 11.7 Å². The van der Waals surface area contributed by atoms with E-state index in [9.17, 15) is 13.2 Å². The van der Waals surface area contributed by atoms with Gasteiger partial charge in [0.05, 0.1) is 5.57 Å². The molecule has 0 heterocycles. The Morgan fingerprint density at radius 2 is 1.86 bits per heavy atom. The van der Waals surface area contributed by atoms with E-state index in [1.54, 1.807) is 6.08 Å². The Kier molecular flexibility index (Phi) is 3.10. The molecule has 14 heavy (non-hydrogen) atoms. The van der Waals surface area contributed by atoms with Crippen LogP contribution in [0.2, 0.25) is 0 Å². The summed E-state index contributed by atoms with van der Waals surface area (Å²) in [6.45, 7) is 5.83. The van der Waals surface area contributed by atoms with Gasteiger partial charge in [-0.2, -0.15) is 13.2 Å². The van der Waals surface area contributed by atoms with Crippen LogP contribution >= 0.6 is 8.58 Å². The Hall–Kier alpha value is -0.300. The Balaban J connectivity index is 2.79. The summed E-state index contributed by atoms with van der Waals surface area (Å²) < 4.78 is 37.4. The molecule has 0 saturated carbocycles. The van der Waals surface area contributed by atoms with Gasteiger partial charge < -0.3 is 0 Å². The second-order valence-electron chi connectivity index (χ2n) is 4.25. The minimum Gasteiger partial charge on any atom is -0.166 e. The summed E-state index contributed by atoms with van der Waals surface area (Å²) in [5, 5.41) is 0.332. The fourth-order valence-electron chi connectivity index (χ4n) is 1.22. The molecule has 1 aliphatic rings. The normalized spacial score (nSPS) is 19.0.